The van der Waals surface area contributed by atoms with E-state index >= 15 is 0 Å². The summed E-state index contributed by atoms with van der Waals surface area (Å²) in [5, 5.41) is 7.78. The molecular weight excluding hydrogens is 256 g/mol. The summed E-state index contributed by atoms with van der Waals surface area (Å²) < 4.78 is 0. The topological polar surface area (TPSA) is 49.8 Å². The van der Waals surface area contributed by atoms with Gasteiger partial charge < -0.3 is 10.6 Å². The van der Waals surface area contributed by atoms with E-state index in [2.05, 4.69) is 40.5 Å². The van der Waals surface area contributed by atoms with Gasteiger partial charge >= 0.3 is 0 Å². The van der Waals surface area contributed by atoms with Crippen molar-refractivity contribution in [3.05, 3.63) is 10.9 Å². The zero-order valence-corrected chi connectivity index (χ0v) is 12.5. The number of nitrogens with zero attached hydrogens (tertiary/aromatic N) is 2. The van der Waals surface area contributed by atoms with E-state index < -0.39 is 0 Å². The molecule has 0 spiro atoms. The Balaban J connectivity index is 2.00. The number of thiophene rings is 1. The minimum atomic E-state index is 0.493. The molecule has 3 rings (SSSR count). The fourth-order valence-corrected chi connectivity index (χ4v) is 3.26. The Hall–Kier alpha value is -1.36. The molecule has 0 aliphatic heterocycles. The Morgan fingerprint density at radius 3 is 2.84 bits per heavy atom. The van der Waals surface area contributed by atoms with Crippen molar-refractivity contribution in [2.45, 2.75) is 39.2 Å². The van der Waals surface area contributed by atoms with Crippen molar-refractivity contribution < 1.29 is 0 Å². The first-order valence-corrected chi connectivity index (χ1v) is 7.77. The Bertz CT molecular complexity index is 588. The van der Waals surface area contributed by atoms with Gasteiger partial charge in [-0.3, -0.25) is 0 Å². The number of hydrogen-bond donors (Lipinski definition) is 2. The van der Waals surface area contributed by atoms with Crippen molar-refractivity contribution in [2.75, 3.05) is 17.7 Å². The van der Waals surface area contributed by atoms with Crippen molar-refractivity contribution in [3.8, 4) is 0 Å². The molecule has 0 saturated heterocycles. The third-order valence-electron chi connectivity index (χ3n) is 3.71. The molecule has 1 unspecified atom stereocenters. The molecule has 2 aromatic rings. The first kappa shape index (κ1) is 12.7. The summed E-state index contributed by atoms with van der Waals surface area (Å²) in [7, 11) is 1.86. The maximum Gasteiger partial charge on any atom is 0.225 e. The van der Waals surface area contributed by atoms with Crippen LogP contribution < -0.4 is 10.6 Å². The average Bonchev–Trinajstić information content (AvgIpc) is 3.18. The number of nitrogens with one attached hydrogen (secondary N) is 2. The first-order chi connectivity index (χ1) is 9.21. The molecule has 2 N–H and O–H groups in total. The number of aryl methyl sites for hydroxylation is 1. The van der Waals surface area contributed by atoms with E-state index in [1.165, 1.54) is 17.7 Å². The molecule has 2 aromatic heterocycles. The summed E-state index contributed by atoms with van der Waals surface area (Å²) >= 11 is 1.76. The molecule has 0 bridgehead atoms. The lowest BCUT2D eigenvalue weighted by Crippen LogP contribution is -2.18. The lowest BCUT2D eigenvalue weighted by Gasteiger charge is -2.14. The number of aromatic nitrogens is 2. The monoisotopic (exact) mass is 276 g/mol. The normalized spacial score (nSPS) is 16.6. The number of hydrogen-bond acceptors (Lipinski definition) is 5. The third kappa shape index (κ3) is 2.52. The van der Waals surface area contributed by atoms with Crippen LogP contribution in [0, 0.1) is 5.92 Å². The van der Waals surface area contributed by atoms with Gasteiger partial charge in [0.1, 0.15) is 10.6 Å². The lowest BCUT2D eigenvalue weighted by atomic mass is 10.2. The highest BCUT2D eigenvalue weighted by molar-refractivity contribution is 7.18. The predicted octanol–water partition coefficient (Wildman–Crippen LogP) is 3.51. The van der Waals surface area contributed by atoms with Gasteiger partial charge in [0.2, 0.25) is 5.95 Å². The zero-order chi connectivity index (χ0) is 13.4. The van der Waals surface area contributed by atoms with Crippen molar-refractivity contribution in [1.82, 2.24) is 9.97 Å². The summed E-state index contributed by atoms with van der Waals surface area (Å²) in [6, 6.07) is 2.72. The minimum absolute atomic E-state index is 0.493. The van der Waals surface area contributed by atoms with Crippen LogP contribution >= 0.6 is 11.3 Å². The van der Waals surface area contributed by atoms with Crippen LogP contribution in [0.1, 0.15) is 31.6 Å². The molecule has 0 radical (unpaired) electrons. The van der Waals surface area contributed by atoms with E-state index in [0.29, 0.717) is 12.0 Å². The molecule has 5 heteroatoms. The largest absolute Gasteiger partial charge is 0.367 e. The molecule has 1 aliphatic rings. The number of anilines is 2. The second-order valence-electron chi connectivity index (χ2n) is 5.20. The van der Waals surface area contributed by atoms with Gasteiger partial charge in [-0.2, -0.15) is 4.98 Å². The number of rotatable bonds is 5. The van der Waals surface area contributed by atoms with Crippen molar-refractivity contribution in [3.63, 3.8) is 0 Å². The smallest absolute Gasteiger partial charge is 0.225 e. The summed E-state index contributed by atoms with van der Waals surface area (Å²) in [6.07, 6.45) is 3.73. The standard InChI is InChI=1S/C14H20N4S/c1-4-10-7-11-12(16-8(2)9-5-6-9)17-14(15-3)18-13(11)19-10/h7-9H,4-6H2,1-3H3,(H2,15,16,17,18). The fourth-order valence-electron chi connectivity index (χ4n) is 2.30. The molecule has 1 saturated carbocycles. The average molecular weight is 276 g/mol. The van der Waals surface area contributed by atoms with Crippen LogP contribution in [0.5, 0.6) is 0 Å². The van der Waals surface area contributed by atoms with Crippen LogP contribution in [0.4, 0.5) is 11.8 Å². The van der Waals surface area contributed by atoms with Crippen LogP contribution in [-0.2, 0) is 6.42 Å². The second kappa shape index (κ2) is 4.96. The first-order valence-electron chi connectivity index (χ1n) is 6.96. The zero-order valence-electron chi connectivity index (χ0n) is 11.7. The van der Waals surface area contributed by atoms with E-state index in [1.54, 1.807) is 11.3 Å². The van der Waals surface area contributed by atoms with Crippen molar-refractivity contribution >= 4 is 33.3 Å². The van der Waals surface area contributed by atoms with E-state index in [4.69, 9.17) is 0 Å². The minimum Gasteiger partial charge on any atom is -0.367 e. The molecule has 102 valence electrons. The molecular formula is C14H20N4S. The van der Waals surface area contributed by atoms with Crippen LogP contribution in [-0.4, -0.2) is 23.1 Å². The van der Waals surface area contributed by atoms with Crippen LogP contribution in [0.25, 0.3) is 10.2 Å². The Kier molecular flexibility index (Phi) is 3.31. The van der Waals surface area contributed by atoms with Crippen LogP contribution in [0.2, 0.25) is 0 Å². The summed E-state index contributed by atoms with van der Waals surface area (Å²) in [4.78, 5) is 11.6. The number of fused-ring (bicyclic) bond motifs is 1. The van der Waals surface area contributed by atoms with Crippen molar-refractivity contribution in [2.24, 2.45) is 5.92 Å². The van der Waals surface area contributed by atoms with E-state index in [9.17, 15) is 0 Å². The van der Waals surface area contributed by atoms with Crippen LogP contribution in [0.3, 0.4) is 0 Å². The van der Waals surface area contributed by atoms with Gasteiger partial charge in [0, 0.05) is 18.0 Å². The maximum absolute atomic E-state index is 4.59. The molecule has 0 aromatic carbocycles. The molecule has 2 heterocycles. The van der Waals surface area contributed by atoms with E-state index in [1.807, 2.05) is 7.05 Å². The molecule has 1 aliphatic carbocycles. The van der Waals surface area contributed by atoms with Crippen LogP contribution in [0.15, 0.2) is 6.07 Å². The maximum atomic E-state index is 4.59. The highest BCUT2D eigenvalue weighted by Crippen LogP contribution is 2.36. The Labute approximate surface area is 117 Å². The van der Waals surface area contributed by atoms with E-state index in [0.717, 1.165) is 28.4 Å². The molecule has 0 amide bonds. The van der Waals surface area contributed by atoms with Gasteiger partial charge in [0.25, 0.3) is 0 Å². The quantitative estimate of drug-likeness (QED) is 0.877. The summed E-state index contributed by atoms with van der Waals surface area (Å²) in [6.45, 7) is 4.43. The predicted molar refractivity (Wildman–Crippen MR) is 82.1 cm³/mol. The summed E-state index contributed by atoms with van der Waals surface area (Å²) in [5.41, 5.74) is 0. The lowest BCUT2D eigenvalue weighted by molar-refractivity contribution is 0.691. The SMILES string of the molecule is CCc1cc2c(NC(C)C3CC3)nc(NC)nc2s1. The van der Waals surface area contributed by atoms with Gasteiger partial charge in [-0.1, -0.05) is 6.92 Å². The van der Waals surface area contributed by atoms with E-state index in [-0.39, 0.29) is 0 Å². The van der Waals surface area contributed by atoms with Gasteiger partial charge in [0.05, 0.1) is 5.39 Å². The summed E-state index contributed by atoms with van der Waals surface area (Å²) in [5.74, 6) is 2.49. The molecule has 19 heavy (non-hydrogen) atoms. The third-order valence-corrected chi connectivity index (χ3v) is 4.88. The highest BCUT2D eigenvalue weighted by atomic mass is 32.1. The fraction of sp³-hybridized carbons (Fsp3) is 0.571. The Morgan fingerprint density at radius 1 is 1.42 bits per heavy atom. The second-order valence-corrected chi connectivity index (χ2v) is 6.32. The highest BCUT2D eigenvalue weighted by Gasteiger charge is 2.28. The molecule has 1 fully saturated rings. The Morgan fingerprint density at radius 2 is 2.21 bits per heavy atom. The van der Waals surface area contributed by atoms with Gasteiger partial charge in [-0.05, 0) is 38.2 Å². The van der Waals surface area contributed by atoms with Gasteiger partial charge in [-0.25, -0.2) is 4.98 Å². The van der Waals surface area contributed by atoms with Gasteiger partial charge in [-0.15, -0.1) is 11.3 Å². The molecule has 4 nitrogen and oxygen atoms in total. The van der Waals surface area contributed by atoms with Gasteiger partial charge in [0.15, 0.2) is 0 Å². The van der Waals surface area contributed by atoms with Crippen molar-refractivity contribution in [1.29, 1.82) is 0 Å². The molecule has 1 atom stereocenters.